The molecule has 0 saturated carbocycles. The minimum absolute atomic E-state index is 0.297. The molecule has 37 heavy (non-hydrogen) atoms. The number of fused-ring (bicyclic) bond motifs is 1. The molecule has 3 unspecified atom stereocenters. The summed E-state index contributed by atoms with van der Waals surface area (Å²) in [5.41, 5.74) is -0.772. The fourth-order valence-corrected chi connectivity index (χ4v) is 5.22. The van der Waals surface area contributed by atoms with Crippen LogP contribution in [0.15, 0.2) is 60.7 Å². The SMILES string of the molecule is COc1cc(OC)c(C2(OC)c3c(OC)cccc3OC(OC)(c3ccccc3)C2(O)OC)c(OC)c1. The number of hydrogen-bond donors (Lipinski definition) is 1. The van der Waals surface area contributed by atoms with Gasteiger partial charge in [-0.05, 0) is 12.1 Å². The van der Waals surface area contributed by atoms with Crippen LogP contribution in [0.2, 0.25) is 0 Å². The second-order valence-corrected chi connectivity index (χ2v) is 8.26. The monoisotopic (exact) mass is 512 g/mol. The van der Waals surface area contributed by atoms with Crippen LogP contribution in [-0.4, -0.2) is 60.7 Å². The Morgan fingerprint density at radius 1 is 0.622 bits per heavy atom. The lowest BCUT2D eigenvalue weighted by atomic mass is 9.70. The molecule has 9 nitrogen and oxygen atoms in total. The van der Waals surface area contributed by atoms with Gasteiger partial charge in [-0.1, -0.05) is 36.4 Å². The van der Waals surface area contributed by atoms with E-state index in [0.29, 0.717) is 45.4 Å². The smallest absolute Gasteiger partial charge is 0.295 e. The fourth-order valence-electron chi connectivity index (χ4n) is 5.22. The van der Waals surface area contributed by atoms with E-state index in [1.807, 2.05) is 6.07 Å². The zero-order valence-electron chi connectivity index (χ0n) is 22.0. The van der Waals surface area contributed by atoms with Crippen molar-refractivity contribution in [1.29, 1.82) is 0 Å². The molecule has 0 bridgehead atoms. The van der Waals surface area contributed by atoms with Crippen LogP contribution in [0, 0.1) is 0 Å². The van der Waals surface area contributed by atoms with Gasteiger partial charge in [0.15, 0.2) is 5.60 Å². The summed E-state index contributed by atoms with van der Waals surface area (Å²) in [6.07, 6.45) is 0. The van der Waals surface area contributed by atoms with Gasteiger partial charge in [0, 0.05) is 39.0 Å². The number of benzene rings is 3. The number of hydrogen-bond acceptors (Lipinski definition) is 9. The molecule has 1 N–H and O–H groups in total. The van der Waals surface area contributed by atoms with E-state index in [9.17, 15) is 5.11 Å². The Hall–Kier alpha value is -3.50. The van der Waals surface area contributed by atoms with Crippen molar-refractivity contribution in [2.75, 3.05) is 49.8 Å². The first-order chi connectivity index (χ1) is 17.9. The average Bonchev–Trinajstić information content (AvgIpc) is 2.96. The average molecular weight is 513 g/mol. The van der Waals surface area contributed by atoms with Crippen LogP contribution < -0.4 is 23.7 Å². The lowest BCUT2D eigenvalue weighted by molar-refractivity contribution is -0.429. The summed E-state index contributed by atoms with van der Waals surface area (Å²) in [5, 5.41) is 12.8. The van der Waals surface area contributed by atoms with E-state index in [2.05, 4.69) is 0 Å². The molecule has 0 saturated heterocycles. The molecule has 3 aromatic rings. The first-order valence-electron chi connectivity index (χ1n) is 11.5. The standard InChI is InChI=1S/C28H32O9/c1-30-19-16-22(32-3)25(23(17-19)33-4)26(34-5)24-20(31-2)14-11-15-21(24)37-27(35-6,28(26,29)36-7)18-12-9-8-10-13-18/h8-17,29H,1-7H3. The number of ether oxygens (including phenoxy) is 8. The Bertz CT molecular complexity index is 1220. The molecule has 0 aliphatic carbocycles. The summed E-state index contributed by atoms with van der Waals surface area (Å²) >= 11 is 0. The van der Waals surface area contributed by atoms with Gasteiger partial charge >= 0.3 is 0 Å². The first-order valence-corrected chi connectivity index (χ1v) is 11.5. The molecule has 0 spiro atoms. The van der Waals surface area contributed by atoms with E-state index in [0.717, 1.165) is 0 Å². The van der Waals surface area contributed by atoms with E-state index < -0.39 is 17.2 Å². The Balaban J connectivity index is 2.27. The molecule has 198 valence electrons. The van der Waals surface area contributed by atoms with Crippen molar-refractivity contribution in [3.05, 3.63) is 77.4 Å². The third kappa shape index (κ3) is 3.53. The predicted molar refractivity (Wildman–Crippen MR) is 135 cm³/mol. The van der Waals surface area contributed by atoms with Crippen molar-refractivity contribution in [1.82, 2.24) is 0 Å². The molecule has 0 radical (unpaired) electrons. The van der Waals surface area contributed by atoms with Crippen LogP contribution in [0.4, 0.5) is 0 Å². The van der Waals surface area contributed by atoms with Crippen LogP contribution in [-0.2, 0) is 25.6 Å². The number of aliphatic hydroxyl groups is 1. The summed E-state index contributed by atoms with van der Waals surface area (Å²) in [7, 11) is 10.2. The molecule has 0 amide bonds. The van der Waals surface area contributed by atoms with E-state index in [1.165, 1.54) is 49.8 Å². The first kappa shape index (κ1) is 26.6. The molecule has 4 rings (SSSR count). The molecular weight excluding hydrogens is 480 g/mol. The van der Waals surface area contributed by atoms with Crippen molar-refractivity contribution in [2.24, 2.45) is 0 Å². The third-order valence-electron chi connectivity index (χ3n) is 6.85. The molecule has 0 fully saturated rings. The Morgan fingerprint density at radius 3 is 1.73 bits per heavy atom. The van der Waals surface area contributed by atoms with Crippen molar-refractivity contribution < 1.29 is 43.0 Å². The lowest BCUT2D eigenvalue weighted by Crippen LogP contribution is -2.71. The van der Waals surface area contributed by atoms with Gasteiger partial charge in [0.1, 0.15) is 28.7 Å². The normalized spacial score (nSPS) is 24.5. The maximum absolute atomic E-state index is 12.8. The van der Waals surface area contributed by atoms with Crippen molar-refractivity contribution >= 4 is 0 Å². The Morgan fingerprint density at radius 2 is 1.24 bits per heavy atom. The summed E-state index contributed by atoms with van der Waals surface area (Å²) < 4.78 is 47.8. The highest BCUT2D eigenvalue weighted by atomic mass is 16.8. The Labute approximate surface area is 216 Å². The highest BCUT2D eigenvalue weighted by Crippen LogP contribution is 2.64. The highest BCUT2D eigenvalue weighted by Gasteiger charge is 2.75. The maximum Gasteiger partial charge on any atom is 0.295 e. The molecule has 0 aromatic heterocycles. The lowest BCUT2D eigenvalue weighted by Gasteiger charge is -2.57. The van der Waals surface area contributed by atoms with E-state index in [-0.39, 0.29) is 0 Å². The van der Waals surface area contributed by atoms with Crippen LogP contribution in [0.25, 0.3) is 0 Å². The van der Waals surface area contributed by atoms with E-state index in [1.54, 1.807) is 54.6 Å². The Kier molecular flexibility index (Phi) is 7.25. The van der Waals surface area contributed by atoms with Gasteiger partial charge in [-0.25, -0.2) is 0 Å². The van der Waals surface area contributed by atoms with Gasteiger partial charge in [0.05, 0.1) is 39.6 Å². The van der Waals surface area contributed by atoms with E-state index in [4.69, 9.17) is 37.9 Å². The third-order valence-corrected chi connectivity index (χ3v) is 6.85. The summed E-state index contributed by atoms with van der Waals surface area (Å²) in [4.78, 5) is 0. The molecule has 3 aromatic carbocycles. The van der Waals surface area contributed by atoms with Crippen molar-refractivity contribution in [3.63, 3.8) is 0 Å². The zero-order valence-corrected chi connectivity index (χ0v) is 22.0. The second kappa shape index (κ2) is 10.1. The molecule has 1 heterocycles. The maximum atomic E-state index is 12.8. The molecule has 1 aliphatic heterocycles. The molecular formula is C28H32O9. The summed E-state index contributed by atoms with van der Waals surface area (Å²) in [5.74, 6) is -2.55. The summed E-state index contributed by atoms with van der Waals surface area (Å²) in [6.45, 7) is 0. The highest BCUT2D eigenvalue weighted by molar-refractivity contribution is 5.65. The predicted octanol–water partition coefficient (Wildman–Crippen LogP) is 3.84. The fraction of sp³-hybridized carbons (Fsp3) is 0.357. The van der Waals surface area contributed by atoms with Gasteiger partial charge < -0.3 is 43.0 Å². The van der Waals surface area contributed by atoms with Gasteiger partial charge in [0.25, 0.3) is 11.6 Å². The van der Waals surface area contributed by atoms with Crippen LogP contribution in [0.3, 0.4) is 0 Å². The molecule has 1 aliphatic rings. The van der Waals surface area contributed by atoms with Gasteiger partial charge in [-0.3, -0.25) is 0 Å². The van der Waals surface area contributed by atoms with Crippen LogP contribution >= 0.6 is 0 Å². The number of methoxy groups -OCH3 is 7. The van der Waals surface area contributed by atoms with Gasteiger partial charge in [-0.15, -0.1) is 0 Å². The van der Waals surface area contributed by atoms with Crippen LogP contribution in [0.5, 0.6) is 28.7 Å². The molecule has 3 atom stereocenters. The van der Waals surface area contributed by atoms with Crippen molar-refractivity contribution in [2.45, 2.75) is 17.2 Å². The number of rotatable bonds is 9. The largest absolute Gasteiger partial charge is 0.496 e. The van der Waals surface area contributed by atoms with E-state index >= 15 is 0 Å². The van der Waals surface area contributed by atoms with Crippen molar-refractivity contribution in [3.8, 4) is 28.7 Å². The minimum atomic E-state index is -2.39. The van der Waals surface area contributed by atoms with Gasteiger partial charge in [0.2, 0.25) is 0 Å². The van der Waals surface area contributed by atoms with Gasteiger partial charge in [-0.2, -0.15) is 0 Å². The summed E-state index contributed by atoms with van der Waals surface area (Å²) in [6, 6.07) is 17.5. The quantitative estimate of drug-likeness (QED) is 0.429. The topological polar surface area (TPSA) is 94.1 Å². The minimum Gasteiger partial charge on any atom is -0.496 e. The molecule has 9 heteroatoms. The van der Waals surface area contributed by atoms with Crippen LogP contribution in [0.1, 0.15) is 16.7 Å². The second-order valence-electron chi connectivity index (χ2n) is 8.26. The zero-order chi connectivity index (χ0) is 26.8.